The average Bonchev–Trinajstić information content (AvgIpc) is 2.83. The Morgan fingerprint density at radius 1 is 1.28 bits per heavy atom. The minimum absolute atomic E-state index is 0.00735. The van der Waals surface area contributed by atoms with Gasteiger partial charge in [0.1, 0.15) is 0 Å². The third-order valence-corrected chi connectivity index (χ3v) is 4.17. The van der Waals surface area contributed by atoms with Crippen LogP contribution in [0.5, 0.6) is 0 Å². The van der Waals surface area contributed by atoms with Gasteiger partial charge in [0.2, 0.25) is 5.91 Å². The van der Waals surface area contributed by atoms with Gasteiger partial charge in [-0.25, -0.2) is 0 Å². The van der Waals surface area contributed by atoms with E-state index in [2.05, 4.69) is 10.2 Å². The summed E-state index contributed by atoms with van der Waals surface area (Å²) in [6.45, 7) is 5.75. The van der Waals surface area contributed by atoms with Gasteiger partial charge in [0.25, 0.3) is 0 Å². The number of carboxylic acids is 1. The first-order chi connectivity index (χ1) is 8.41. The maximum atomic E-state index is 12.0. The summed E-state index contributed by atoms with van der Waals surface area (Å²) < 4.78 is 0. The molecule has 2 heterocycles. The lowest BCUT2D eigenvalue weighted by Gasteiger charge is -2.29. The maximum Gasteiger partial charge on any atom is 0.308 e. The number of fused-ring (bicyclic) bond motifs is 2. The van der Waals surface area contributed by atoms with Crippen molar-refractivity contribution >= 4 is 11.9 Å². The van der Waals surface area contributed by atoms with E-state index < -0.39 is 5.97 Å². The number of rotatable bonds is 4. The smallest absolute Gasteiger partial charge is 0.308 e. The summed E-state index contributed by atoms with van der Waals surface area (Å²) in [6.07, 6.45) is 2.62. The third-order valence-electron chi connectivity index (χ3n) is 4.17. The molecule has 0 aliphatic carbocycles. The third kappa shape index (κ3) is 2.23. The Bertz CT molecular complexity index is 356. The number of carbonyl (C=O) groups is 2. The van der Waals surface area contributed by atoms with Crippen molar-refractivity contribution in [1.29, 1.82) is 0 Å². The molecule has 0 radical (unpaired) electrons. The second kappa shape index (κ2) is 4.88. The van der Waals surface area contributed by atoms with Crippen LogP contribution in [0.2, 0.25) is 0 Å². The van der Waals surface area contributed by atoms with Crippen LogP contribution in [0.4, 0.5) is 0 Å². The zero-order valence-electron chi connectivity index (χ0n) is 11.2. The van der Waals surface area contributed by atoms with Crippen molar-refractivity contribution < 1.29 is 14.7 Å². The lowest BCUT2D eigenvalue weighted by atomic mass is 9.89. The van der Waals surface area contributed by atoms with E-state index in [-0.39, 0.29) is 36.0 Å². The standard InChI is InChI=1S/C13H22N2O3/c1-7(2)14-12(16)8(3)15-9-4-5-11(15)10(6-9)13(17)18/h7-11H,4-6H2,1-3H3,(H,14,16)(H,17,18). The Kier molecular flexibility index (Phi) is 3.61. The Balaban J connectivity index is 2.06. The number of amides is 1. The van der Waals surface area contributed by atoms with Crippen LogP contribution in [-0.4, -0.2) is 46.1 Å². The topological polar surface area (TPSA) is 69.6 Å². The number of hydrogen-bond acceptors (Lipinski definition) is 3. The van der Waals surface area contributed by atoms with Crippen LogP contribution < -0.4 is 5.32 Å². The molecule has 0 aromatic carbocycles. The molecule has 5 heteroatoms. The molecule has 0 aromatic rings. The van der Waals surface area contributed by atoms with E-state index in [1.807, 2.05) is 20.8 Å². The molecule has 2 bridgehead atoms. The lowest BCUT2D eigenvalue weighted by Crippen LogP contribution is -2.49. The van der Waals surface area contributed by atoms with Gasteiger partial charge < -0.3 is 10.4 Å². The number of nitrogens with zero attached hydrogens (tertiary/aromatic N) is 1. The zero-order chi connectivity index (χ0) is 13.4. The molecule has 2 aliphatic heterocycles. The van der Waals surface area contributed by atoms with Crippen LogP contribution >= 0.6 is 0 Å². The number of hydrogen-bond donors (Lipinski definition) is 2. The van der Waals surface area contributed by atoms with E-state index in [0.29, 0.717) is 6.42 Å². The quantitative estimate of drug-likeness (QED) is 0.780. The molecule has 1 amide bonds. The molecule has 0 aromatic heterocycles. The highest BCUT2D eigenvalue weighted by molar-refractivity contribution is 5.82. The highest BCUT2D eigenvalue weighted by Crippen LogP contribution is 2.43. The second-order valence-corrected chi connectivity index (χ2v) is 5.77. The SMILES string of the molecule is CC(C)NC(=O)C(C)N1C2CCC1C(C(=O)O)C2. The summed E-state index contributed by atoms with van der Waals surface area (Å²) in [4.78, 5) is 25.3. The fraction of sp³-hybridized carbons (Fsp3) is 0.846. The molecule has 0 spiro atoms. The summed E-state index contributed by atoms with van der Waals surface area (Å²) in [6, 6.07) is 0.203. The molecule has 2 fully saturated rings. The van der Waals surface area contributed by atoms with Crippen molar-refractivity contribution in [2.75, 3.05) is 0 Å². The van der Waals surface area contributed by atoms with Crippen molar-refractivity contribution in [3.63, 3.8) is 0 Å². The summed E-state index contributed by atoms with van der Waals surface area (Å²) in [5, 5.41) is 12.1. The van der Waals surface area contributed by atoms with Gasteiger partial charge >= 0.3 is 5.97 Å². The average molecular weight is 254 g/mol. The molecule has 5 nitrogen and oxygen atoms in total. The zero-order valence-corrected chi connectivity index (χ0v) is 11.2. The van der Waals surface area contributed by atoms with Crippen molar-refractivity contribution in [3.05, 3.63) is 0 Å². The van der Waals surface area contributed by atoms with Gasteiger partial charge in [-0.05, 0) is 40.0 Å². The first-order valence-corrected chi connectivity index (χ1v) is 6.72. The lowest BCUT2D eigenvalue weighted by molar-refractivity contribution is -0.143. The summed E-state index contributed by atoms with van der Waals surface area (Å²) in [7, 11) is 0. The number of carbonyl (C=O) groups excluding carboxylic acids is 1. The molecule has 2 aliphatic rings. The van der Waals surface area contributed by atoms with Crippen LogP contribution in [0.1, 0.15) is 40.0 Å². The molecule has 2 rings (SSSR count). The van der Waals surface area contributed by atoms with Gasteiger partial charge in [0, 0.05) is 18.1 Å². The molecular formula is C13H22N2O3. The first-order valence-electron chi connectivity index (χ1n) is 6.72. The van der Waals surface area contributed by atoms with E-state index in [1.54, 1.807) is 0 Å². The van der Waals surface area contributed by atoms with E-state index in [4.69, 9.17) is 0 Å². The Morgan fingerprint density at radius 2 is 1.94 bits per heavy atom. The minimum Gasteiger partial charge on any atom is -0.481 e. The summed E-state index contributed by atoms with van der Waals surface area (Å²) in [5.74, 6) is -1.00. The van der Waals surface area contributed by atoms with Crippen molar-refractivity contribution in [1.82, 2.24) is 10.2 Å². The molecule has 4 unspecified atom stereocenters. The molecule has 4 atom stereocenters. The van der Waals surface area contributed by atoms with Gasteiger partial charge in [0.15, 0.2) is 0 Å². The number of carboxylic acid groups (broad SMARTS) is 1. The van der Waals surface area contributed by atoms with Crippen LogP contribution in [0.25, 0.3) is 0 Å². The molecule has 0 saturated carbocycles. The maximum absolute atomic E-state index is 12.0. The molecule has 2 saturated heterocycles. The summed E-state index contributed by atoms with van der Waals surface area (Å²) in [5.41, 5.74) is 0. The van der Waals surface area contributed by atoms with Gasteiger partial charge in [-0.2, -0.15) is 0 Å². The van der Waals surface area contributed by atoms with Gasteiger partial charge in [-0.3, -0.25) is 14.5 Å². The van der Waals surface area contributed by atoms with Crippen LogP contribution in [-0.2, 0) is 9.59 Å². The van der Waals surface area contributed by atoms with E-state index in [0.717, 1.165) is 12.8 Å². The molecule has 102 valence electrons. The highest BCUT2D eigenvalue weighted by Gasteiger charge is 2.51. The van der Waals surface area contributed by atoms with Crippen LogP contribution in [0, 0.1) is 5.92 Å². The van der Waals surface area contributed by atoms with Gasteiger partial charge in [-0.1, -0.05) is 0 Å². The monoisotopic (exact) mass is 254 g/mol. The predicted octanol–water partition coefficient (Wildman–Crippen LogP) is 0.837. The van der Waals surface area contributed by atoms with E-state index >= 15 is 0 Å². The second-order valence-electron chi connectivity index (χ2n) is 5.77. The van der Waals surface area contributed by atoms with E-state index in [9.17, 15) is 14.7 Å². The fourth-order valence-corrected chi connectivity index (χ4v) is 3.44. The molecular weight excluding hydrogens is 232 g/mol. The number of aliphatic carboxylic acids is 1. The van der Waals surface area contributed by atoms with E-state index in [1.165, 1.54) is 0 Å². The van der Waals surface area contributed by atoms with Crippen molar-refractivity contribution in [3.8, 4) is 0 Å². The van der Waals surface area contributed by atoms with Crippen LogP contribution in [0.15, 0.2) is 0 Å². The highest BCUT2D eigenvalue weighted by atomic mass is 16.4. The van der Waals surface area contributed by atoms with Crippen LogP contribution in [0.3, 0.4) is 0 Å². The summed E-state index contributed by atoms with van der Waals surface area (Å²) >= 11 is 0. The van der Waals surface area contributed by atoms with Gasteiger partial charge in [-0.15, -0.1) is 0 Å². The Hall–Kier alpha value is -1.10. The van der Waals surface area contributed by atoms with Crippen molar-refractivity contribution in [2.24, 2.45) is 5.92 Å². The molecule has 18 heavy (non-hydrogen) atoms. The van der Waals surface area contributed by atoms with Crippen molar-refractivity contribution in [2.45, 2.75) is 64.2 Å². The minimum atomic E-state index is -0.719. The normalized spacial score (nSPS) is 32.8. The number of nitrogens with one attached hydrogen (secondary N) is 1. The Morgan fingerprint density at radius 3 is 2.44 bits per heavy atom. The fourth-order valence-electron chi connectivity index (χ4n) is 3.44. The Labute approximate surface area is 108 Å². The predicted molar refractivity (Wildman–Crippen MR) is 67.1 cm³/mol. The largest absolute Gasteiger partial charge is 0.481 e. The molecule has 2 N–H and O–H groups in total. The first kappa shape index (κ1) is 13.3. The van der Waals surface area contributed by atoms with Gasteiger partial charge in [0.05, 0.1) is 12.0 Å².